The number of anilines is 1. The molecule has 0 radical (unpaired) electrons. The highest BCUT2D eigenvalue weighted by atomic mass is 19.1. The van der Waals surface area contributed by atoms with Crippen LogP contribution in [0.15, 0.2) is 42.7 Å². The zero-order valence-corrected chi connectivity index (χ0v) is 16.7. The van der Waals surface area contributed by atoms with Crippen LogP contribution in [0.25, 0.3) is 0 Å². The number of amides is 2. The Hall–Kier alpha value is -2.76. The molecule has 4 rings (SSSR count). The van der Waals surface area contributed by atoms with Gasteiger partial charge in [0.2, 0.25) is 5.91 Å². The number of likely N-dealkylation sites (tertiary alicyclic amines) is 1. The monoisotopic (exact) mass is 395 g/mol. The van der Waals surface area contributed by atoms with Gasteiger partial charge in [-0.1, -0.05) is 25.3 Å². The maximum absolute atomic E-state index is 14.3. The van der Waals surface area contributed by atoms with Gasteiger partial charge in [-0.2, -0.15) is 0 Å². The first kappa shape index (κ1) is 19.6. The molecule has 1 aliphatic carbocycles. The molecule has 2 fully saturated rings. The van der Waals surface area contributed by atoms with Crippen LogP contribution in [0.5, 0.6) is 0 Å². The lowest BCUT2D eigenvalue weighted by atomic mass is 9.67. The van der Waals surface area contributed by atoms with Crippen molar-refractivity contribution in [2.24, 2.45) is 11.3 Å². The molecular weight excluding hydrogens is 369 g/mol. The Bertz CT molecular complexity index is 910. The SMILES string of the molecule is Cc1ccc(NC(=O)C2CN(C(=O)c3ccncc3)CC23CCCCC3)c(F)c1. The van der Waals surface area contributed by atoms with E-state index in [2.05, 4.69) is 10.3 Å². The summed E-state index contributed by atoms with van der Waals surface area (Å²) >= 11 is 0. The molecular formula is C23H26FN3O2. The van der Waals surface area contributed by atoms with E-state index in [1.807, 2.05) is 6.92 Å². The van der Waals surface area contributed by atoms with Gasteiger partial charge < -0.3 is 10.2 Å². The molecule has 5 nitrogen and oxygen atoms in total. The molecule has 2 aromatic rings. The fourth-order valence-electron chi connectivity index (χ4n) is 4.87. The molecule has 0 bridgehead atoms. The quantitative estimate of drug-likeness (QED) is 0.848. The van der Waals surface area contributed by atoms with E-state index in [0.29, 0.717) is 18.7 Å². The van der Waals surface area contributed by atoms with Crippen LogP contribution in [-0.4, -0.2) is 34.8 Å². The molecule has 1 spiro atoms. The van der Waals surface area contributed by atoms with Crippen LogP contribution in [0, 0.1) is 24.1 Å². The summed E-state index contributed by atoms with van der Waals surface area (Å²) in [4.78, 5) is 32.0. The summed E-state index contributed by atoms with van der Waals surface area (Å²) in [6.07, 6.45) is 8.30. The number of aryl methyl sites for hydroxylation is 1. The summed E-state index contributed by atoms with van der Waals surface area (Å²) in [6.45, 7) is 2.74. The van der Waals surface area contributed by atoms with Crippen LogP contribution in [0.2, 0.25) is 0 Å². The van der Waals surface area contributed by atoms with Crippen molar-refractivity contribution in [3.63, 3.8) is 0 Å². The largest absolute Gasteiger partial charge is 0.337 e. The number of nitrogens with zero attached hydrogens (tertiary/aromatic N) is 2. The third-order valence-electron chi connectivity index (χ3n) is 6.41. The first-order valence-corrected chi connectivity index (χ1v) is 10.2. The number of rotatable bonds is 3. The average Bonchev–Trinajstić information content (AvgIpc) is 3.09. The molecule has 1 unspecified atom stereocenters. The Morgan fingerprint density at radius 2 is 1.86 bits per heavy atom. The Balaban J connectivity index is 1.57. The fourth-order valence-corrected chi connectivity index (χ4v) is 4.87. The highest BCUT2D eigenvalue weighted by Crippen LogP contribution is 2.48. The molecule has 6 heteroatoms. The number of benzene rings is 1. The Kier molecular flexibility index (Phi) is 5.35. The molecule has 1 saturated carbocycles. The summed E-state index contributed by atoms with van der Waals surface area (Å²) in [5, 5.41) is 2.79. The minimum atomic E-state index is -0.432. The van der Waals surface area contributed by atoms with E-state index >= 15 is 0 Å². The lowest BCUT2D eigenvalue weighted by Crippen LogP contribution is -2.39. The second-order valence-corrected chi connectivity index (χ2v) is 8.37. The van der Waals surface area contributed by atoms with Gasteiger partial charge in [0, 0.05) is 36.5 Å². The van der Waals surface area contributed by atoms with Gasteiger partial charge in [0.25, 0.3) is 5.91 Å². The molecule has 29 heavy (non-hydrogen) atoms. The van der Waals surface area contributed by atoms with Crippen molar-refractivity contribution in [1.29, 1.82) is 0 Å². The molecule has 2 aliphatic rings. The van der Waals surface area contributed by atoms with Crippen LogP contribution in [0.3, 0.4) is 0 Å². The molecule has 152 valence electrons. The van der Waals surface area contributed by atoms with Gasteiger partial charge in [0.15, 0.2) is 0 Å². The van der Waals surface area contributed by atoms with E-state index in [4.69, 9.17) is 0 Å². The normalized spacial score (nSPS) is 20.6. The van der Waals surface area contributed by atoms with E-state index in [9.17, 15) is 14.0 Å². The second kappa shape index (κ2) is 7.93. The number of nitrogens with one attached hydrogen (secondary N) is 1. The number of halogens is 1. The minimum absolute atomic E-state index is 0.0748. The summed E-state index contributed by atoms with van der Waals surface area (Å²) in [5.41, 5.74) is 1.35. The molecule has 1 aromatic heterocycles. The number of hydrogen-bond acceptors (Lipinski definition) is 3. The van der Waals surface area contributed by atoms with Crippen molar-refractivity contribution in [1.82, 2.24) is 9.88 Å². The minimum Gasteiger partial charge on any atom is -0.337 e. The van der Waals surface area contributed by atoms with Crippen molar-refractivity contribution >= 4 is 17.5 Å². The maximum Gasteiger partial charge on any atom is 0.254 e. The maximum atomic E-state index is 14.3. The van der Waals surface area contributed by atoms with E-state index in [1.54, 1.807) is 41.6 Å². The fraction of sp³-hybridized carbons (Fsp3) is 0.435. The Morgan fingerprint density at radius 1 is 1.14 bits per heavy atom. The molecule has 2 amide bonds. The first-order valence-electron chi connectivity index (χ1n) is 10.2. The number of carbonyl (C=O) groups excluding carboxylic acids is 2. The van der Waals surface area contributed by atoms with Gasteiger partial charge in [-0.3, -0.25) is 14.6 Å². The summed E-state index contributed by atoms with van der Waals surface area (Å²) < 4.78 is 14.3. The summed E-state index contributed by atoms with van der Waals surface area (Å²) in [7, 11) is 0. The van der Waals surface area contributed by atoms with Gasteiger partial charge in [-0.15, -0.1) is 0 Å². The summed E-state index contributed by atoms with van der Waals surface area (Å²) in [6, 6.07) is 8.20. The topological polar surface area (TPSA) is 62.3 Å². The molecule has 1 aliphatic heterocycles. The number of pyridine rings is 1. The van der Waals surface area contributed by atoms with Gasteiger partial charge in [0.1, 0.15) is 5.82 Å². The van der Waals surface area contributed by atoms with Gasteiger partial charge in [0.05, 0.1) is 11.6 Å². The van der Waals surface area contributed by atoms with Crippen molar-refractivity contribution in [2.45, 2.75) is 39.0 Å². The van der Waals surface area contributed by atoms with E-state index < -0.39 is 5.82 Å². The Labute approximate surface area is 170 Å². The number of hydrogen-bond donors (Lipinski definition) is 1. The van der Waals surface area contributed by atoms with Gasteiger partial charge in [-0.05, 0) is 49.6 Å². The zero-order chi connectivity index (χ0) is 20.4. The third-order valence-corrected chi connectivity index (χ3v) is 6.41. The standard InChI is InChI=1S/C23H26FN3O2/c1-16-5-6-20(19(24)13-16)26-21(28)18-14-27(15-23(18)9-3-2-4-10-23)22(29)17-7-11-25-12-8-17/h5-8,11-13,18H,2-4,9-10,14-15H2,1H3,(H,26,28). The van der Waals surface area contributed by atoms with E-state index in [0.717, 1.165) is 37.7 Å². The predicted molar refractivity (Wildman–Crippen MR) is 109 cm³/mol. The van der Waals surface area contributed by atoms with E-state index in [-0.39, 0.29) is 28.8 Å². The van der Waals surface area contributed by atoms with Crippen LogP contribution in [0.1, 0.15) is 48.0 Å². The third kappa shape index (κ3) is 3.88. The van der Waals surface area contributed by atoms with Crippen molar-refractivity contribution < 1.29 is 14.0 Å². The lowest BCUT2D eigenvalue weighted by Gasteiger charge is -2.37. The molecule has 2 heterocycles. The zero-order valence-electron chi connectivity index (χ0n) is 16.7. The van der Waals surface area contributed by atoms with Gasteiger partial charge in [-0.25, -0.2) is 4.39 Å². The smallest absolute Gasteiger partial charge is 0.254 e. The van der Waals surface area contributed by atoms with Crippen LogP contribution < -0.4 is 5.32 Å². The first-order chi connectivity index (χ1) is 14.0. The van der Waals surface area contributed by atoms with Crippen LogP contribution >= 0.6 is 0 Å². The number of aromatic nitrogens is 1. The molecule has 1 N–H and O–H groups in total. The molecule has 1 atom stereocenters. The summed E-state index contributed by atoms with van der Waals surface area (Å²) in [5.74, 6) is -1.04. The van der Waals surface area contributed by atoms with Crippen LogP contribution in [-0.2, 0) is 4.79 Å². The van der Waals surface area contributed by atoms with Crippen molar-refractivity contribution in [2.75, 3.05) is 18.4 Å². The highest BCUT2D eigenvalue weighted by Gasteiger charge is 2.51. The van der Waals surface area contributed by atoms with Crippen molar-refractivity contribution in [3.05, 3.63) is 59.7 Å². The second-order valence-electron chi connectivity index (χ2n) is 8.37. The lowest BCUT2D eigenvalue weighted by molar-refractivity contribution is -0.123. The average molecular weight is 395 g/mol. The molecule has 1 saturated heterocycles. The van der Waals surface area contributed by atoms with Crippen LogP contribution in [0.4, 0.5) is 10.1 Å². The highest BCUT2D eigenvalue weighted by molar-refractivity contribution is 5.97. The predicted octanol–water partition coefficient (Wildman–Crippen LogP) is 4.19. The Morgan fingerprint density at radius 3 is 2.55 bits per heavy atom. The molecule has 1 aromatic carbocycles. The van der Waals surface area contributed by atoms with Gasteiger partial charge >= 0.3 is 0 Å². The van der Waals surface area contributed by atoms with Crippen molar-refractivity contribution in [3.8, 4) is 0 Å². The number of carbonyl (C=O) groups is 2. The van der Waals surface area contributed by atoms with E-state index in [1.165, 1.54) is 6.07 Å².